The number of hydrogen-bond donors (Lipinski definition) is 6. The van der Waals surface area contributed by atoms with Crippen LogP contribution < -0.4 is 22.3 Å². The zero-order chi connectivity index (χ0) is 39.1. The number of ether oxygens (including phenoxy) is 2. The third-order valence-electron chi connectivity index (χ3n) is 8.56. The number of benzene rings is 2. The number of nitrogens with one attached hydrogen (secondary N) is 2. The summed E-state index contributed by atoms with van der Waals surface area (Å²) in [5, 5.41) is 25.9. The van der Waals surface area contributed by atoms with Crippen LogP contribution in [0.3, 0.4) is 0 Å². The Labute approximate surface area is 308 Å². The van der Waals surface area contributed by atoms with E-state index in [1.807, 2.05) is 39.8 Å². The summed E-state index contributed by atoms with van der Waals surface area (Å²) in [5.74, 6) is -2.49. The van der Waals surface area contributed by atoms with Crippen LogP contribution in [0.4, 0.5) is 9.59 Å². The van der Waals surface area contributed by atoms with E-state index in [0.29, 0.717) is 11.1 Å². The van der Waals surface area contributed by atoms with Gasteiger partial charge in [0.25, 0.3) is 11.8 Å². The van der Waals surface area contributed by atoms with E-state index in [4.69, 9.17) is 20.9 Å². The SMILES string of the molecule is CC(C)C[C@@H]([C@@H](O)[C@H](O)[C@H](CC(C)C)N(NC(=O)OCc1ccccc1)C(=O)[C@@H](N)C(C)C)N(NC(=O)OCc1ccccc1)C(=O)[C@@H](N)C(C)C. The summed E-state index contributed by atoms with van der Waals surface area (Å²) < 4.78 is 10.8. The van der Waals surface area contributed by atoms with Gasteiger partial charge in [-0.3, -0.25) is 9.59 Å². The molecule has 0 bridgehead atoms. The molecule has 4 amide bonds. The predicted octanol–water partition coefficient (Wildman–Crippen LogP) is 3.84. The summed E-state index contributed by atoms with van der Waals surface area (Å²) in [5.41, 5.74) is 18.9. The molecule has 0 aliphatic carbocycles. The second kappa shape index (κ2) is 21.3. The molecule has 0 saturated carbocycles. The molecular formula is C38H60N6O8. The Balaban J connectivity index is 2.54. The summed E-state index contributed by atoms with van der Waals surface area (Å²) in [6.07, 6.45) is -5.34. The second-order valence-corrected chi connectivity index (χ2v) is 14.7. The summed E-state index contributed by atoms with van der Waals surface area (Å²) in [6, 6.07) is 13.2. The van der Waals surface area contributed by atoms with Crippen LogP contribution in [-0.2, 0) is 32.3 Å². The lowest BCUT2D eigenvalue weighted by atomic mass is 9.88. The maximum atomic E-state index is 13.9. The number of nitrogens with zero attached hydrogens (tertiary/aromatic N) is 2. The molecule has 290 valence electrons. The number of aliphatic hydroxyl groups excluding tert-OH is 2. The van der Waals surface area contributed by atoms with E-state index in [1.165, 1.54) is 0 Å². The zero-order valence-electron chi connectivity index (χ0n) is 31.8. The first-order chi connectivity index (χ1) is 24.4. The average molecular weight is 729 g/mol. The summed E-state index contributed by atoms with van der Waals surface area (Å²) in [4.78, 5) is 54.2. The number of hydrazine groups is 2. The Morgan fingerprint density at radius 1 is 0.596 bits per heavy atom. The molecule has 0 unspecified atom stereocenters. The molecular weight excluding hydrogens is 668 g/mol. The number of carbonyl (C=O) groups is 4. The molecule has 2 rings (SSSR count). The highest BCUT2D eigenvalue weighted by Crippen LogP contribution is 2.25. The molecule has 2 aromatic carbocycles. The molecule has 52 heavy (non-hydrogen) atoms. The molecule has 0 saturated heterocycles. The van der Waals surface area contributed by atoms with Gasteiger partial charge in [-0.15, -0.1) is 0 Å². The molecule has 0 radical (unpaired) electrons. The Kier molecular flexibility index (Phi) is 18.0. The molecule has 0 aliphatic rings. The average Bonchev–Trinajstić information content (AvgIpc) is 3.11. The van der Waals surface area contributed by atoms with Crippen LogP contribution >= 0.6 is 0 Å². The molecule has 2 aromatic rings. The largest absolute Gasteiger partial charge is 0.443 e. The standard InChI is InChI=1S/C38H60N6O8/c1-23(2)19-29(43(35(47)31(39)25(5)6)41-37(49)51-21-27-15-11-9-12-16-27)33(45)34(46)30(20-24(3)4)44(36(48)32(40)26(7)8)42-38(50)52-22-28-17-13-10-14-18-28/h9-18,23-26,29-34,45-46H,19-22,39-40H2,1-8H3,(H,41,49)(H,42,50)/t29-,30-,31-,32-,33+,34+/m0/s1. The minimum absolute atomic E-state index is 0.0914. The number of carbonyl (C=O) groups excluding carboxylic acids is 4. The molecule has 0 spiro atoms. The van der Waals surface area contributed by atoms with Crippen molar-refractivity contribution in [2.75, 3.05) is 0 Å². The third kappa shape index (κ3) is 13.7. The molecule has 14 heteroatoms. The van der Waals surface area contributed by atoms with Gasteiger partial charge in [0, 0.05) is 0 Å². The lowest BCUT2D eigenvalue weighted by Crippen LogP contribution is -2.67. The summed E-state index contributed by atoms with van der Waals surface area (Å²) in [7, 11) is 0. The minimum Gasteiger partial charge on any atom is -0.443 e. The van der Waals surface area contributed by atoms with Gasteiger partial charge in [0.1, 0.15) is 25.4 Å². The highest BCUT2D eigenvalue weighted by Gasteiger charge is 2.44. The molecule has 0 aliphatic heterocycles. The third-order valence-corrected chi connectivity index (χ3v) is 8.56. The highest BCUT2D eigenvalue weighted by molar-refractivity contribution is 5.85. The van der Waals surface area contributed by atoms with E-state index in [0.717, 1.165) is 10.0 Å². The van der Waals surface area contributed by atoms with Gasteiger partial charge in [-0.1, -0.05) is 116 Å². The van der Waals surface area contributed by atoms with Crippen molar-refractivity contribution >= 4 is 24.0 Å². The van der Waals surface area contributed by atoms with Crippen LogP contribution in [0, 0.1) is 23.7 Å². The van der Waals surface area contributed by atoms with Crippen molar-refractivity contribution in [2.24, 2.45) is 35.1 Å². The second-order valence-electron chi connectivity index (χ2n) is 14.7. The molecule has 0 fully saturated rings. The van der Waals surface area contributed by atoms with Gasteiger partial charge in [-0.25, -0.2) is 30.5 Å². The molecule has 0 aromatic heterocycles. The van der Waals surface area contributed by atoms with Crippen LogP contribution in [0.15, 0.2) is 60.7 Å². The van der Waals surface area contributed by atoms with Gasteiger partial charge >= 0.3 is 12.2 Å². The Morgan fingerprint density at radius 2 is 0.904 bits per heavy atom. The van der Waals surface area contributed by atoms with Crippen molar-refractivity contribution in [1.29, 1.82) is 0 Å². The number of amides is 4. The first kappa shape index (κ1) is 43.9. The number of rotatable bonds is 17. The highest BCUT2D eigenvalue weighted by atomic mass is 16.6. The number of hydrogen-bond acceptors (Lipinski definition) is 10. The van der Waals surface area contributed by atoms with E-state index < -0.39 is 60.4 Å². The fourth-order valence-corrected chi connectivity index (χ4v) is 5.42. The fraction of sp³-hybridized carbons (Fsp3) is 0.579. The minimum atomic E-state index is -1.78. The van der Waals surface area contributed by atoms with E-state index in [1.54, 1.807) is 76.2 Å². The lowest BCUT2D eigenvalue weighted by molar-refractivity contribution is -0.156. The van der Waals surface area contributed by atoms with Crippen molar-refractivity contribution < 1.29 is 38.9 Å². The van der Waals surface area contributed by atoms with Crippen molar-refractivity contribution in [3.05, 3.63) is 71.8 Å². The van der Waals surface area contributed by atoms with Crippen LogP contribution in [0.5, 0.6) is 0 Å². The number of aliphatic hydroxyl groups is 2. The van der Waals surface area contributed by atoms with E-state index >= 15 is 0 Å². The molecule has 0 heterocycles. The van der Waals surface area contributed by atoms with Crippen LogP contribution in [0.2, 0.25) is 0 Å². The van der Waals surface area contributed by atoms with Crippen molar-refractivity contribution in [3.63, 3.8) is 0 Å². The summed E-state index contributed by atoms with van der Waals surface area (Å²) in [6.45, 7) is 14.1. The normalized spacial score (nSPS) is 15.0. The molecule has 8 N–H and O–H groups in total. The fourth-order valence-electron chi connectivity index (χ4n) is 5.42. The van der Waals surface area contributed by atoms with Crippen molar-refractivity contribution in [3.8, 4) is 0 Å². The van der Waals surface area contributed by atoms with Crippen LogP contribution in [0.25, 0.3) is 0 Å². The monoisotopic (exact) mass is 728 g/mol. The number of nitrogens with two attached hydrogens (primary N) is 2. The lowest BCUT2D eigenvalue weighted by Gasteiger charge is -2.43. The van der Waals surface area contributed by atoms with Gasteiger partial charge in [0.2, 0.25) is 0 Å². The predicted molar refractivity (Wildman–Crippen MR) is 197 cm³/mol. The Morgan fingerprint density at radius 3 is 1.17 bits per heavy atom. The molecule has 14 nitrogen and oxygen atoms in total. The van der Waals surface area contributed by atoms with Crippen molar-refractivity contribution in [2.45, 2.75) is 118 Å². The van der Waals surface area contributed by atoms with Crippen LogP contribution in [0.1, 0.15) is 79.4 Å². The first-order valence-electron chi connectivity index (χ1n) is 17.9. The van der Waals surface area contributed by atoms with Gasteiger partial charge in [0.05, 0.1) is 24.2 Å². The van der Waals surface area contributed by atoms with Gasteiger partial charge in [0.15, 0.2) is 0 Å². The summed E-state index contributed by atoms with van der Waals surface area (Å²) >= 11 is 0. The van der Waals surface area contributed by atoms with Gasteiger partial charge in [-0.2, -0.15) is 0 Å². The first-order valence-corrected chi connectivity index (χ1v) is 17.9. The topological polar surface area (TPSA) is 210 Å². The Bertz CT molecular complexity index is 1290. The maximum absolute atomic E-state index is 13.9. The van der Waals surface area contributed by atoms with Crippen LogP contribution in [-0.4, -0.2) is 80.6 Å². The smallest absolute Gasteiger partial charge is 0.426 e. The van der Waals surface area contributed by atoms with Crippen molar-refractivity contribution in [1.82, 2.24) is 20.9 Å². The van der Waals surface area contributed by atoms with Gasteiger partial charge in [-0.05, 0) is 47.6 Å². The Hall–Kier alpha value is -4.24. The quantitative estimate of drug-likeness (QED) is 0.130. The van der Waals surface area contributed by atoms with E-state index in [2.05, 4.69) is 10.9 Å². The maximum Gasteiger partial charge on any atom is 0.426 e. The zero-order valence-corrected chi connectivity index (χ0v) is 31.8. The molecule has 6 atom stereocenters. The van der Waals surface area contributed by atoms with Gasteiger partial charge < -0.3 is 31.2 Å². The van der Waals surface area contributed by atoms with E-state index in [9.17, 15) is 29.4 Å². The van der Waals surface area contributed by atoms with E-state index in [-0.39, 0.29) is 49.7 Å².